The second-order valence-corrected chi connectivity index (χ2v) is 4.10. The normalized spacial score (nSPS) is 10.6. The van der Waals surface area contributed by atoms with E-state index in [1.165, 1.54) is 4.80 Å². The average molecular weight is 255 g/mol. The molecule has 3 aromatic rings. The molecule has 1 N–H and O–H groups in total. The van der Waals surface area contributed by atoms with Gasteiger partial charge in [-0.05, 0) is 29.8 Å². The monoisotopic (exact) mass is 255 g/mol. The highest BCUT2D eigenvalue weighted by molar-refractivity contribution is 5.58. The maximum Gasteiger partial charge on any atom is 0.134 e. The van der Waals surface area contributed by atoms with Crippen molar-refractivity contribution in [2.24, 2.45) is 7.05 Å². The summed E-state index contributed by atoms with van der Waals surface area (Å²) in [6.45, 7) is 0.414. The van der Waals surface area contributed by atoms with Crippen LogP contribution in [0, 0.1) is 0 Å². The van der Waals surface area contributed by atoms with Crippen molar-refractivity contribution < 1.29 is 4.74 Å². The van der Waals surface area contributed by atoms with E-state index in [0.29, 0.717) is 6.61 Å². The van der Waals surface area contributed by atoms with E-state index < -0.39 is 0 Å². The number of nitrogens with zero attached hydrogens (tertiary/aromatic N) is 4. The fourth-order valence-electron chi connectivity index (χ4n) is 1.76. The molecule has 0 radical (unpaired) electrons. The SMILES string of the molecule is Cn1ncc(COc2ccc(-c3cnc[nH]3)cc2)n1. The van der Waals surface area contributed by atoms with Crippen LogP contribution in [0.15, 0.2) is 43.0 Å². The minimum Gasteiger partial charge on any atom is -0.487 e. The largest absolute Gasteiger partial charge is 0.487 e. The summed E-state index contributed by atoms with van der Waals surface area (Å²) in [5, 5.41) is 8.14. The highest BCUT2D eigenvalue weighted by Gasteiger charge is 2.02. The van der Waals surface area contributed by atoms with Crippen LogP contribution in [-0.4, -0.2) is 25.0 Å². The van der Waals surface area contributed by atoms with Gasteiger partial charge in [0.2, 0.25) is 0 Å². The Bertz CT molecular complexity index is 642. The van der Waals surface area contributed by atoms with Crippen molar-refractivity contribution >= 4 is 0 Å². The summed E-state index contributed by atoms with van der Waals surface area (Å²) in [5.41, 5.74) is 2.87. The highest BCUT2D eigenvalue weighted by atomic mass is 16.5. The lowest BCUT2D eigenvalue weighted by atomic mass is 10.2. The van der Waals surface area contributed by atoms with Crippen molar-refractivity contribution in [1.29, 1.82) is 0 Å². The molecule has 0 fully saturated rings. The molecule has 6 nitrogen and oxygen atoms in total. The molecule has 2 aromatic heterocycles. The van der Waals surface area contributed by atoms with Gasteiger partial charge < -0.3 is 9.72 Å². The molecule has 96 valence electrons. The number of hydrogen-bond donors (Lipinski definition) is 1. The maximum absolute atomic E-state index is 5.64. The predicted molar refractivity (Wildman–Crippen MR) is 69.4 cm³/mol. The molecule has 0 bridgehead atoms. The standard InChI is InChI=1S/C13H13N5O/c1-18-16-6-11(17-18)8-19-12-4-2-10(3-5-12)13-7-14-9-15-13/h2-7,9H,8H2,1H3,(H,14,15). The molecule has 0 spiro atoms. The van der Waals surface area contributed by atoms with Crippen LogP contribution in [-0.2, 0) is 13.7 Å². The highest BCUT2D eigenvalue weighted by Crippen LogP contribution is 2.20. The summed E-state index contributed by atoms with van der Waals surface area (Å²) >= 11 is 0. The van der Waals surface area contributed by atoms with Gasteiger partial charge in [0.25, 0.3) is 0 Å². The summed E-state index contributed by atoms with van der Waals surface area (Å²) in [6, 6.07) is 7.82. The van der Waals surface area contributed by atoms with Crippen molar-refractivity contribution in [3.05, 3.63) is 48.7 Å². The Morgan fingerprint density at radius 2 is 2.05 bits per heavy atom. The fraction of sp³-hybridized carbons (Fsp3) is 0.154. The van der Waals surface area contributed by atoms with Crippen LogP contribution in [0.25, 0.3) is 11.3 Å². The van der Waals surface area contributed by atoms with Crippen LogP contribution >= 0.6 is 0 Å². The van der Waals surface area contributed by atoms with Crippen molar-refractivity contribution in [3.63, 3.8) is 0 Å². The van der Waals surface area contributed by atoms with Crippen molar-refractivity contribution in [1.82, 2.24) is 25.0 Å². The Hall–Kier alpha value is -2.63. The second-order valence-electron chi connectivity index (χ2n) is 4.10. The van der Waals surface area contributed by atoms with E-state index in [-0.39, 0.29) is 0 Å². The zero-order valence-electron chi connectivity index (χ0n) is 10.4. The zero-order chi connectivity index (χ0) is 13.1. The minimum absolute atomic E-state index is 0.414. The molecule has 0 atom stereocenters. The van der Waals surface area contributed by atoms with Crippen molar-refractivity contribution in [2.75, 3.05) is 0 Å². The van der Waals surface area contributed by atoms with Gasteiger partial charge in [-0.2, -0.15) is 15.0 Å². The number of aromatic nitrogens is 5. The lowest BCUT2D eigenvalue weighted by Crippen LogP contribution is -1.98. The van der Waals surface area contributed by atoms with E-state index in [0.717, 1.165) is 22.7 Å². The number of H-pyrrole nitrogens is 1. The lowest BCUT2D eigenvalue weighted by molar-refractivity contribution is 0.300. The molecule has 0 amide bonds. The van der Waals surface area contributed by atoms with Gasteiger partial charge in [0.15, 0.2) is 0 Å². The molecule has 0 aliphatic rings. The first kappa shape index (κ1) is 11.5. The molecular weight excluding hydrogens is 242 g/mol. The second kappa shape index (κ2) is 4.93. The predicted octanol–water partition coefficient (Wildman–Crippen LogP) is 1.78. The quantitative estimate of drug-likeness (QED) is 0.771. The Labute approximate surface area is 110 Å². The maximum atomic E-state index is 5.64. The van der Waals surface area contributed by atoms with E-state index in [2.05, 4.69) is 20.2 Å². The van der Waals surface area contributed by atoms with Crippen molar-refractivity contribution in [3.8, 4) is 17.0 Å². The molecule has 0 aliphatic heterocycles. The minimum atomic E-state index is 0.414. The Balaban J connectivity index is 1.66. The van der Waals surface area contributed by atoms with Gasteiger partial charge >= 0.3 is 0 Å². The molecule has 0 saturated heterocycles. The van der Waals surface area contributed by atoms with Crippen LogP contribution in [0.4, 0.5) is 0 Å². The molecule has 6 heteroatoms. The zero-order valence-corrected chi connectivity index (χ0v) is 10.4. The molecule has 3 rings (SSSR count). The topological polar surface area (TPSA) is 68.6 Å². The number of rotatable bonds is 4. The number of nitrogens with one attached hydrogen (secondary N) is 1. The summed E-state index contributed by atoms with van der Waals surface area (Å²) < 4.78 is 5.64. The van der Waals surface area contributed by atoms with E-state index in [4.69, 9.17) is 4.74 Å². The third kappa shape index (κ3) is 2.62. The van der Waals surface area contributed by atoms with E-state index >= 15 is 0 Å². The lowest BCUT2D eigenvalue weighted by Gasteiger charge is -2.04. The molecule has 19 heavy (non-hydrogen) atoms. The van der Waals surface area contributed by atoms with Gasteiger partial charge in [-0.3, -0.25) is 0 Å². The summed E-state index contributed by atoms with van der Waals surface area (Å²) in [4.78, 5) is 8.57. The molecule has 0 aliphatic carbocycles. The molecule has 0 unspecified atom stereocenters. The van der Waals surface area contributed by atoms with Gasteiger partial charge in [-0.25, -0.2) is 4.98 Å². The first-order valence-electron chi connectivity index (χ1n) is 5.88. The van der Waals surface area contributed by atoms with Gasteiger partial charge in [-0.15, -0.1) is 0 Å². The number of imidazole rings is 1. The number of hydrogen-bond acceptors (Lipinski definition) is 4. The third-order valence-electron chi connectivity index (χ3n) is 2.70. The van der Waals surface area contributed by atoms with Crippen LogP contribution in [0.3, 0.4) is 0 Å². The first-order chi connectivity index (χ1) is 9.31. The Morgan fingerprint density at radius 3 is 2.68 bits per heavy atom. The molecule has 2 heterocycles. The molecule has 0 saturated carbocycles. The van der Waals surface area contributed by atoms with E-state index in [1.54, 1.807) is 25.8 Å². The Morgan fingerprint density at radius 1 is 1.21 bits per heavy atom. The van der Waals surface area contributed by atoms with Gasteiger partial charge in [-0.1, -0.05) is 0 Å². The van der Waals surface area contributed by atoms with Crippen molar-refractivity contribution in [2.45, 2.75) is 6.61 Å². The van der Waals surface area contributed by atoms with Gasteiger partial charge in [0, 0.05) is 7.05 Å². The van der Waals surface area contributed by atoms with Crippen LogP contribution < -0.4 is 4.74 Å². The summed E-state index contributed by atoms with van der Waals surface area (Å²) in [7, 11) is 1.78. The number of ether oxygens (including phenoxy) is 1. The summed E-state index contributed by atoms with van der Waals surface area (Å²) in [6.07, 6.45) is 5.14. The van der Waals surface area contributed by atoms with Crippen LogP contribution in [0.5, 0.6) is 5.75 Å². The number of aryl methyl sites for hydroxylation is 1. The smallest absolute Gasteiger partial charge is 0.134 e. The van der Waals surface area contributed by atoms with Gasteiger partial charge in [0.1, 0.15) is 18.1 Å². The third-order valence-corrected chi connectivity index (χ3v) is 2.70. The molecule has 1 aromatic carbocycles. The number of benzene rings is 1. The fourth-order valence-corrected chi connectivity index (χ4v) is 1.76. The molecular formula is C13H13N5O. The first-order valence-corrected chi connectivity index (χ1v) is 5.88. The van der Waals surface area contributed by atoms with E-state index in [9.17, 15) is 0 Å². The Kier molecular flexibility index (Phi) is 2.97. The van der Waals surface area contributed by atoms with Crippen LogP contribution in [0.2, 0.25) is 0 Å². The number of aromatic amines is 1. The van der Waals surface area contributed by atoms with Gasteiger partial charge in [0.05, 0.1) is 24.4 Å². The van der Waals surface area contributed by atoms with Crippen LogP contribution in [0.1, 0.15) is 5.69 Å². The summed E-state index contributed by atoms with van der Waals surface area (Å²) in [5.74, 6) is 0.800. The average Bonchev–Trinajstić information content (AvgIpc) is 3.08. The van der Waals surface area contributed by atoms with E-state index in [1.807, 2.05) is 24.3 Å².